The highest BCUT2D eigenvalue weighted by atomic mass is 32.1. The molecule has 2 aromatic rings. The number of aliphatic imine (C=N–C) groups is 1. The summed E-state index contributed by atoms with van der Waals surface area (Å²) in [5.74, 6) is 1.44. The van der Waals surface area contributed by atoms with Crippen molar-refractivity contribution in [3.8, 4) is 0 Å². The van der Waals surface area contributed by atoms with Crippen LogP contribution < -0.4 is 10.6 Å². The van der Waals surface area contributed by atoms with Crippen LogP contribution in [0.3, 0.4) is 0 Å². The first-order valence-corrected chi connectivity index (χ1v) is 10.7. The maximum atomic E-state index is 11.9. The number of carbonyl (C=O) groups is 1. The SMILES string of the molecule is CN=C(NCc1nc(C(C)C)cs1)NCc1ccccc1CN1CCCC1=O. The van der Waals surface area contributed by atoms with E-state index < -0.39 is 0 Å². The molecule has 0 atom stereocenters. The molecule has 1 aliphatic heterocycles. The van der Waals surface area contributed by atoms with Crippen molar-refractivity contribution >= 4 is 23.2 Å². The van der Waals surface area contributed by atoms with Crippen molar-refractivity contribution in [1.82, 2.24) is 20.5 Å². The molecule has 1 aliphatic rings. The Labute approximate surface area is 171 Å². The first-order chi connectivity index (χ1) is 13.6. The second kappa shape index (κ2) is 9.68. The zero-order valence-electron chi connectivity index (χ0n) is 16.9. The van der Waals surface area contributed by atoms with Gasteiger partial charge in [-0.15, -0.1) is 11.3 Å². The van der Waals surface area contributed by atoms with Crippen LogP contribution in [-0.2, 0) is 24.4 Å². The van der Waals surface area contributed by atoms with Crippen LogP contribution in [0, 0.1) is 0 Å². The predicted molar refractivity (Wildman–Crippen MR) is 114 cm³/mol. The number of nitrogens with one attached hydrogen (secondary N) is 2. The van der Waals surface area contributed by atoms with Crippen molar-refractivity contribution in [1.29, 1.82) is 0 Å². The van der Waals surface area contributed by atoms with E-state index in [4.69, 9.17) is 0 Å². The first kappa shape index (κ1) is 20.3. The van der Waals surface area contributed by atoms with E-state index in [-0.39, 0.29) is 5.91 Å². The lowest BCUT2D eigenvalue weighted by atomic mass is 10.1. The minimum atomic E-state index is 0.254. The van der Waals surface area contributed by atoms with E-state index in [2.05, 4.69) is 52.0 Å². The number of carbonyl (C=O) groups excluding carboxylic acids is 1. The second-order valence-corrected chi connectivity index (χ2v) is 8.23. The molecule has 1 aromatic carbocycles. The van der Waals surface area contributed by atoms with Gasteiger partial charge in [0.05, 0.1) is 12.2 Å². The van der Waals surface area contributed by atoms with Gasteiger partial charge in [0.1, 0.15) is 5.01 Å². The highest BCUT2D eigenvalue weighted by molar-refractivity contribution is 7.09. The Hall–Kier alpha value is -2.41. The summed E-state index contributed by atoms with van der Waals surface area (Å²) in [6.45, 7) is 7.16. The third-order valence-corrected chi connectivity index (χ3v) is 5.76. The summed E-state index contributed by atoms with van der Waals surface area (Å²) in [7, 11) is 1.77. The van der Waals surface area contributed by atoms with E-state index in [1.54, 1.807) is 18.4 Å². The summed E-state index contributed by atoms with van der Waals surface area (Å²) in [4.78, 5) is 22.8. The van der Waals surface area contributed by atoms with Crippen LogP contribution in [0.1, 0.15) is 54.4 Å². The number of hydrogen-bond acceptors (Lipinski definition) is 4. The van der Waals surface area contributed by atoms with Gasteiger partial charge in [-0.2, -0.15) is 0 Å². The molecule has 28 heavy (non-hydrogen) atoms. The zero-order valence-corrected chi connectivity index (χ0v) is 17.7. The number of nitrogens with zero attached hydrogens (tertiary/aromatic N) is 3. The van der Waals surface area contributed by atoms with Crippen LogP contribution in [0.2, 0.25) is 0 Å². The number of likely N-dealkylation sites (tertiary alicyclic amines) is 1. The normalized spacial score (nSPS) is 14.8. The minimum absolute atomic E-state index is 0.254. The van der Waals surface area contributed by atoms with Gasteiger partial charge in [0, 0.05) is 38.5 Å². The molecule has 1 fully saturated rings. The monoisotopic (exact) mass is 399 g/mol. The lowest BCUT2D eigenvalue weighted by Crippen LogP contribution is -2.36. The quantitative estimate of drug-likeness (QED) is 0.554. The molecule has 0 bridgehead atoms. The molecule has 1 amide bonds. The zero-order chi connectivity index (χ0) is 19.9. The van der Waals surface area contributed by atoms with Crippen LogP contribution >= 0.6 is 11.3 Å². The molecular weight excluding hydrogens is 370 g/mol. The number of amides is 1. The fourth-order valence-electron chi connectivity index (χ4n) is 3.19. The number of guanidine groups is 1. The molecule has 0 radical (unpaired) electrons. The Morgan fingerprint density at radius 3 is 2.64 bits per heavy atom. The van der Waals surface area contributed by atoms with Crippen molar-refractivity contribution in [2.75, 3.05) is 13.6 Å². The summed E-state index contributed by atoms with van der Waals surface area (Å²) in [5, 5.41) is 9.88. The van der Waals surface area contributed by atoms with Crippen molar-refractivity contribution < 1.29 is 4.79 Å². The molecule has 0 aliphatic carbocycles. The van der Waals surface area contributed by atoms with Crippen molar-refractivity contribution in [3.63, 3.8) is 0 Å². The largest absolute Gasteiger partial charge is 0.352 e. The average Bonchev–Trinajstić information content (AvgIpc) is 3.32. The molecule has 1 aromatic heterocycles. The Balaban J connectivity index is 1.55. The van der Waals surface area contributed by atoms with Gasteiger partial charge in [-0.25, -0.2) is 4.98 Å². The molecule has 6 nitrogen and oxygen atoms in total. The molecule has 150 valence electrons. The molecule has 0 unspecified atom stereocenters. The summed E-state index contributed by atoms with van der Waals surface area (Å²) in [5.41, 5.74) is 3.50. The van der Waals surface area contributed by atoms with Gasteiger partial charge in [-0.1, -0.05) is 38.1 Å². The summed E-state index contributed by atoms with van der Waals surface area (Å²) in [6.07, 6.45) is 1.64. The Morgan fingerprint density at radius 2 is 2.00 bits per heavy atom. The van der Waals surface area contributed by atoms with Gasteiger partial charge in [0.2, 0.25) is 5.91 Å². The number of benzene rings is 1. The number of aromatic nitrogens is 1. The van der Waals surface area contributed by atoms with E-state index in [9.17, 15) is 4.79 Å². The smallest absolute Gasteiger partial charge is 0.222 e. The van der Waals surface area contributed by atoms with Gasteiger partial charge in [0.15, 0.2) is 5.96 Å². The minimum Gasteiger partial charge on any atom is -0.352 e. The lowest BCUT2D eigenvalue weighted by molar-refractivity contribution is -0.128. The molecule has 3 rings (SSSR count). The predicted octanol–water partition coefficient (Wildman–Crippen LogP) is 3.25. The topological polar surface area (TPSA) is 69.6 Å². The van der Waals surface area contributed by atoms with Crippen molar-refractivity contribution in [2.24, 2.45) is 4.99 Å². The maximum absolute atomic E-state index is 11.9. The summed E-state index contributed by atoms with van der Waals surface area (Å²) < 4.78 is 0. The highest BCUT2D eigenvalue weighted by Gasteiger charge is 2.20. The van der Waals surface area contributed by atoms with Crippen LogP contribution in [0.15, 0.2) is 34.6 Å². The fourth-order valence-corrected chi connectivity index (χ4v) is 4.09. The first-order valence-electron chi connectivity index (χ1n) is 9.80. The van der Waals surface area contributed by atoms with Gasteiger partial charge >= 0.3 is 0 Å². The molecule has 1 saturated heterocycles. The molecule has 0 saturated carbocycles. The third-order valence-electron chi connectivity index (χ3n) is 4.89. The number of thiazole rings is 1. The van der Waals surface area contributed by atoms with Crippen LogP contribution in [0.5, 0.6) is 0 Å². The Bertz CT molecular complexity index is 830. The average molecular weight is 400 g/mol. The fraction of sp³-hybridized carbons (Fsp3) is 0.476. The Kier molecular flexibility index (Phi) is 7.03. The van der Waals surface area contributed by atoms with Crippen LogP contribution in [0.4, 0.5) is 0 Å². The lowest BCUT2D eigenvalue weighted by Gasteiger charge is -2.19. The van der Waals surface area contributed by atoms with Crippen molar-refractivity contribution in [2.45, 2.75) is 52.2 Å². The maximum Gasteiger partial charge on any atom is 0.222 e. The Morgan fingerprint density at radius 1 is 1.25 bits per heavy atom. The summed E-state index contributed by atoms with van der Waals surface area (Å²) >= 11 is 1.67. The van der Waals surface area contributed by atoms with Crippen LogP contribution in [0.25, 0.3) is 0 Å². The molecule has 0 spiro atoms. The van der Waals surface area contributed by atoms with Gasteiger partial charge in [0.25, 0.3) is 0 Å². The summed E-state index contributed by atoms with van der Waals surface area (Å²) in [6, 6.07) is 8.26. The van der Waals surface area contributed by atoms with E-state index in [1.807, 2.05) is 17.0 Å². The standard InChI is InChI=1S/C21H29N5OS/c1-15(2)18-14-28-19(25-18)12-24-21(22-3)23-11-16-7-4-5-8-17(16)13-26-10-6-9-20(26)27/h4-5,7-8,14-15H,6,9-13H2,1-3H3,(H2,22,23,24). The van der Waals surface area contributed by atoms with E-state index in [1.165, 1.54) is 11.1 Å². The van der Waals surface area contributed by atoms with Gasteiger partial charge in [-0.3, -0.25) is 9.79 Å². The van der Waals surface area contributed by atoms with Crippen molar-refractivity contribution in [3.05, 3.63) is 51.5 Å². The second-order valence-electron chi connectivity index (χ2n) is 7.29. The molecule has 7 heteroatoms. The van der Waals surface area contributed by atoms with E-state index >= 15 is 0 Å². The number of hydrogen-bond donors (Lipinski definition) is 2. The number of rotatable bonds is 7. The van der Waals surface area contributed by atoms with E-state index in [0.717, 1.165) is 29.6 Å². The molecule has 2 heterocycles. The molecule has 2 N–H and O–H groups in total. The van der Waals surface area contributed by atoms with Gasteiger partial charge in [-0.05, 0) is 23.5 Å². The third kappa shape index (κ3) is 5.32. The van der Waals surface area contributed by atoms with Crippen LogP contribution in [-0.4, -0.2) is 35.3 Å². The van der Waals surface area contributed by atoms with E-state index in [0.29, 0.717) is 32.0 Å². The molecular formula is C21H29N5OS. The highest BCUT2D eigenvalue weighted by Crippen LogP contribution is 2.18. The van der Waals surface area contributed by atoms with Gasteiger partial charge < -0.3 is 15.5 Å².